The van der Waals surface area contributed by atoms with E-state index in [9.17, 15) is 4.79 Å². The number of carbonyl (C=O) groups excluding carboxylic acids is 1. The standard InChI is InChI=1S/C12H19NO2/c1-2-15-12(14)11-8-3-7-4-9(6-8)13-10(11)5-7/h7-11,13H,2-6H2,1H3. The molecule has 4 rings (SSSR count). The fourth-order valence-electron chi connectivity index (χ4n) is 4.01. The summed E-state index contributed by atoms with van der Waals surface area (Å²) in [5, 5.41) is 3.60. The molecule has 2 aliphatic carbocycles. The van der Waals surface area contributed by atoms with Crippen LogP contribution in [0.2, 0.25) is 0 Å². The molecular formula is C12H19NO2. The van der Waals surface area contributed by atoms with E-state index in [0.717, 1.165) is 5.92 Å². The van der Waals surface area contributed by atoms with Crippen LogP contribution in [0.5, 0.6) is 0 Å². The SMILES string of the molecule is CCOC(=O)C1C2CC3CC(C2)NC1C3. The molecule has 15 heavy (non-hydrogen) atoms. The number of nitrogens with one attached hydrogen (secondary N) is 1. The fourth-order valence-corrected chi connectivity index (χ4v) is 4.01. The van der Waals surface area contributed by atoms with Crippen LogP contribution >= 0.6 is 0 Å². The Morgan fingerprint density at radius 3 is 2.87 bits per heavy atom. The minimum Gasteiger partial charge on any atom is -0.466 e. The van der Waals surface area contributed by atoms with Gasteiger partial charge in [0.25, 0.3) is 0 Å². The van der Waals surface area contributed by atoms with Gasteiger partial charge < -0.3 is 10.1 Å². The first-order valence-corrected chi connectivity index (χ1v) is 6.20. The Kier molecular flexibility index (Phi) is 2.23. The fraction of sp³-hybridized carbons (Fsp3) is 0.917. The number of piperidine rings is 2. The van der Waals surface area contributed by atoms with Gasteiger partial charge in [0, 0.05) is 12.1 Å². The van der Waals surface area contributed by atoms with Crippen molar-refractivity contribution in [3.63, 3.8) is 0 Å². The van der Waals surface area contributed by atoms with Crippen molar-refractivity contribution in [2.45, 2.75) is 44.7 Å². The van der Waals surface area contributed by atoms with Gasteiger partial charge >= 0.3 is 5.97 Å². The van der Waals surface area contributed by atoms with Crippen molar-refractivity contribution in [3.8, 4) is 0 Å². The Morgan fingerprint density at radius 2 is 2.20 bits per heavy atom. The molecular weight excluding hydrogens is 190 g/mol. The first-order chi connectivity index (χ1) is 7.28. The lowest BCUT2D eigenvalue weighted by Gasteiger charge is -2.53. The molecule has 0 aromatic carbocycles. The molecule has 2 saturated heterocycles. The Morgan fingerprint density at radius 1 is 1.33 bits per heavy atom. The van der Waals surface area contributed by atoms with Gasteiger partial charge in [-0.2, -0.15) is 0 Å². The topological polar surface area (TPSA) is 38.3 Å². The van der Waals surface area contributed by atoms with E-state index in [2.05, 4.69) is 5.32 Å². The summed E-state index contributed by atoms with van der Waals surface area (Å²) in [6.45, 7) is 2.41. The van der Waals surface area contributed by atoms with Crippen LogP contribution < -0.4 is 5.32 Å². The van der Waals surface area contributed by atoms with E-state index in [1.807, 2.05) is 6.92 Å². The minimum atomic E-state index is 0.0406. The number of hydrogen-bond donors (Lipinski definition) is 1. The second-order valence-corrected chi connectivity index (χ2v) is 5.32. The molecule has 4 aliphatic rings. The van der Waals surface area contributed by atoms with Gasteiger partial charge in [-0.3, -0.25) is 4.79 Å². The highest BCUT2D eigenvalue weighted by Crippen LogP contribution is 2.48. The number of ether oxygens (including phenoxy) is 1. The van der Waals surface area contributed by atoms with Crippen molar-refractivity contribution in [1.82, 2.24) is 5.32 Å². The van der Waals surface area contributed by atoms with E-state index in [4.69, 9.17) is 4.74 Å². The van der Waals surface area contributed by atoms with Crippen LogP contribution in [0.1, 0.15) is 32.6 Å². The maximum atomic E-state index is 11.9. The van der Waals surface area contributed by atoms with Gasteiger partial charge in [-0.25, -0.2) is 0 Å². The first-order valence-electron chi connectivity index (χ1n) is 6.20. The van der Waals surface area contributed by atoms with Crippen molar-refractivity contribution in [1.29, 1.82) is 0 Å². The van der Waals surface area contributed by atoms with E-state index in [1.54, 1.807) is 0 Å². The quantitative estimate of drug-likeness (QED) is 0.697. The first kappa shape index (κ1) is 9.64. The number of hydrogen-bond acceptors (Lipinski definition) is 3. The lowest BCUT2D eigenvalue weighted by molar-refractivity contribution is -0.157. The van der Waals surface area contributed by atoms with E-state index in [-0.39, 0.29) is 11.9 Å². The van der Waals surface area contributed by atoms with E-state index in [1.165, 1.54) is 25.7 Å². The molecule has 3 heteroatoms. The molecule has 0 spiro atoms. The second-order valence-electron chi connectivity index (χ2n) is 5.32. The molecule has 5 atom stereocenters. The Hall–Kier alpha value is -0.570. The van der Waals surface area contributed by atoms with Crippen LogP contribution in [-0.4, -0.2) is 24.7 Å². The molecule has 5 unspecified atom stereocenters. The van der Waals surface area contributed by atoms with Crippen LogP contribution in [0.25, 0.3) is 0 Å². The molecule has 0 aromatic heterocycles. The van der Waals surface area contributed by atoms with Gasteiger partial charge in [-0.1, -0.05) is 0 Å². The third-order valence-electron chi connectivity index (χ3n) is 4.38. The molecule has 3 nitrogen and oxygen atoms in total. The lowest BCUT2D eigenvalue weighted by Crippen LogP contribution is -2.62. The van der Waals surface area contributed by atoms with Crippen LogP contribution in [0.3, 0.4) is 0 Å². The summed E-state index contributed by atoms with van der Waals surface area (Å²) < 4.78 is 5.19. The van der Waals surface area contributed by atoms with E-state index in [0.29, 0.717) is 24.6 Å². The maximum absolute atomic E-state index is 11.9. The van der Waals surface area contributed by atoms with Crippen LogP contribution in [0.15, 0.2) is 0 Å². The normalized spacial score (nSPS) is 46.9. The molecule has 0 amide bonds. The summed E-state index contributed by atoms with van der Waals surface area (Å²) in [6, 6.07) is 1.11. The van der Waals surface area contributed by atoms with Crippen LogP contribution in [0, 0.1) is 17.8 Å². The molecule has 0 aromatic rings. The third kappa shape index (κ3) is 1.48. The molecule has 2 heterocycles. The van der Waals surface area contributed by atoms with Gasteiger partial charge in [-0.05, 0) is 44.4 Å². The van der Waals surface area contributed by atoms with Crippen molar-refractivity contribution in [2.75, 3.05) is 6.61 Å². The van der Waals surface area contributed by atoms with Crippen molar-refractivity contribution < 1.29 is 9.53 Å². The molecule has 2 aliphatic heterocycles. The third-order valence-corrected chi connectivity index (χ3v) is 4.38. The zero-order valence-corrected chi connectivity index (χ0v) is 9.24. The van der Waals surface area contributed by atoms with Crippen molar-refractivity contribution in [2.24, 2.45) is 17.8 Å². The predicted molar refractivity (Wildman–Crippen MR) is 56.3 cm³/mol. The molecule has 0 radical (unpaired) electrons. The number of rotatable bonds is 2. The average Bonchev–Trinajstić information content (AvgIpc) is 2.15. The monoisotopic (exact) mass is 209 g/mol. The molecule has 4 bridgehead atoms. The van der Waals surface area contributed by atoms with E-state index < -0.39 is 0 Å². The highest BCUT2D eigenvalue weighted by molar-refractivity contribution is 5.74. The summed E-state index contributed by atoms with van der Waals surface area (Å²) >= 11 is 0. The Balaban J connectivity index is 1.77. The summed E-state index contributed by atoms with van der Waals surface area (Å²) in [5.41, 5.74) is 0. The molecule has 84 valence electrons. The highest BCUT2D eigenvalue weighted by Gasteiger charge is 2.51. The summed E-state index contributed by atoms with van der Waals surface area (Å²) in [6.07, 6.45) is 4.98. The number of esters is 1. The smallest absolute Gasteiger partial charge is 0.310 e. The molecule has 1 N–H and O–H groups in total. The van der Waals surface area contributed by atoms with Gasteiger partial charge in [-0.15, -0.1) is 0 Å². The van der Waals surface area contributed by atoms with Gasteiger partial charge in [0.1, 0.15) is 0 Å². The summed E-state index contributed by atoms with van der Waals surface area (Å²) in [7, 11) is 0. The number of carbonyl (C=O) groups is 1. The van der Waals surface area contributed by atoms with Gasteiger partial charge in [0.15, 0.2) is 0 Å². The molecule has 2 saturated carbocycles. The summed E-state index contributed by atoms with van der Waals surface area (Å²) in [5.74, 6) is 1.68. The Bertz CT molecular complexity index is 249. The highest BCUT2D eigenvalue weighted by atomic mass is 16.5. The van der Waals surface area contributed by atoms with Crippen LogP contribution in [0.4, 0.5) is 0 Å². The zero-order chi connectivity index (χ0) is 10.4. The average molecular weight is 209 g/mol. The second kappa shape index (κ2) is 3.48. The summed E-state index contributed by atoms with van der Waals surface area (Å²) in [4.78, 5) is 11.9. The van der Waals surface area contributed by atoms with E-state index >= 15 is 0 Å². The Labute approximate surface area is 90.6 Å². The minimum absolute atomic E-state index is 0.0406. The zero-order valence-electron chi connectivity index (χ0n) is 9.24. The largest absolute Gasteiger partial charge is 0.466 e. The molecule has 4 fully saturated rings. The van der Waals surface area contributed by atoms with Crippen molar-refractivity contribution in [3.05, 3.63) is 0 Å². The maximum Gasteiger partial charge on any atom is 0.310 e. The van der Waals surface area contributed by atoms with Gasteiger partial charge in [0.2, 0.25) is 0 Å². The van der Waals surface area contributed by atoms with Crippen LogP contribution in [-0.2, 0) is 9.53 Å². The van der Waals surface area contributed by atoms with Gasteiger partial charge in [0.05, 0.1) is 12.5 Å². The lowest BCUT2D eigenvalue weighted by atomic mass is 9.59. The van der Waals surface area contributed by atoms with Crippen molar-refractivity contribution >= 4 is 5.97 Å². The predicted octanol–water partition coefficient (Wildman–Crippen LogP) is 1.33.